The number of nitrogens with one attached hydrogen (secondary N) is 2. The van der Waals surface area contributed by atoms with Crippen LogP contribution in [0.1, 0.15) is 55.2 Å². The van der Waals surface area contributed by atoms with Gasteiger partial charge < -0.3 is 10.2 Å². The summed E-state index contributed by atoms with van der Waals surface area (Å²) in [4.78, 5) is 13.9. The summed E-state index contributed by atoms with van der Waals surface area (Å²) in [6, 6.07) is 6.24. The summed E-state index contributed by atoms with van der Waals surface area (Å²) >= 11 is 0. The predicted octanol–water partition coefficient (Wildman–Crippen LogP) is 1.46. The second kappa shape index (κ2) is 9.08. The average Bonchev–Trinajstić information content (AvgIpc) is 3.17. The summed E-state index contributed by atoms with van der Waals surface area (Å²) in [6.45, 7) is 8.33. The molecule has 2 heterocycles. The van der Waals surface area contributed by atoms with E-state index in [0.29, 0.717) is 12.1 Å². The number of piperidine rings is 1. The molecule has 2 aromatic rings. The van der Waals surface area contributed by atoms with Gasteiger partial charge in [-0.1, -0.05) is 30.3 Å². The summed E-state index contributed by atoms with van der Waals surface area (Å²) in [5.74, 6) is 0.327. The fraction of sp³-hybridized carbons (Fsp3) is 0.550. The molecule has 0 spiro atoms. The Balaban J connectivity index is 1.46. The highest BCUT2D eigenvalue weighted by atomic mass is 19.1. The molecule has 1 aromatic heterocycles. The molecule has 1 fully saturated rings. The van der Waals surface area contributed by atoms with Crippen LogP contribution in [0.3, 0.4) is 0 Å². The molecule has 1 aromatic carbocycles. The number of hydrogen-bond donors (Lipinski definition) is 2. The van der Waals surface area contributed by atoms with Crippen molar-refractivity contribution in [1.82, 2.24) is 20.3 Å². The summed E-state index contributed by atoms with van der Waals surface area (Å²) < 4.78 is 15.4. The van der Waals surface area contributed by atoms with Gasteiger partial charge in [-0.2, -0.15) is 0 Å². The first-order valence-electron chi connectivity index (χ1n) is 9.82. The number of hydrogen-bond acceptors (Lipinski definition) is 3. The quantitative estimate of drug-likeness (QED) is 0.722. The van der Waals surface area contributed by atoms with Crippen LogP contribution in [0.2, 0.25) is 0 Å². The first-order chi connectivity index (χ1) is 13.0. The van der Waals surface area contributed by atoms with Crippen LogP contribution in [0.4, 0.5) is 4.39 Å². The molecule has 0 unspecified atom stereocenters. The minimum absolute atomic E-state index is 0.232. The maximum absolute atomic E-state index is 13.9. The fourth-order valence-corrected chi connectivity index (χ4v) is 3.58. The second-order valence-corrected chi connectivity index (χ2v) is 7.57. The largest absolute Gasteiger partial charge is 0.350 e. The number of likely N-dealkylation sites (tertiary alicyclic amines) is 1. The number of benzene rings is 1. The summed E-state index contributed by atoms with van der Waals surface area (Å²) in [5.41, 5.74) is 0.783. The summed E-state index contributed by atoms with van der Waals surface area (Å²) in [5, 5.41) is 10.8. The highest BCUT2D eigenvalue weighted by Gasteiger charge is 2.19. The van der Waals surface area contributed by atoms with E-state index in [1.54, 1.807) is 29.3 Å². The lowest BCUT2D eigenvalue weighted by molar-refractivity contribution is -0.906. The van der Waals surface area contributed by atoms with Crippen molar-refractivity contribution in [2.45, 2.75) is 39.2 Å². The zero-order chi connectivity index (χ0) is 19.2. The van der Waals surface area contributed by atoms with Gasteiger partial charge in [0.2, 0.25) is 0 Å². The minimum Gasteiger partial charge on any atom is -0.350 e. The molecule has 0 bridgehead atoms. The van der Waals surface area contributed by atoms with Gasteiger partial charge in [0.25, 0.3) is 5.91 Å². The Kier molecular flexibility index (Phi) is 6.55. The monoisotopic (exact) mass is 374 g/mol. The van der Waals surface area contributed by atoms with E-state index in [-0.39, 0.29) is 23.5 Å². The molecule has 0 radical (unpaired) electrons. The standard InChI is InChI=1S/C20H28FN5O/c1-15-8-12-25(13-9-15)11-5-10-22-20(27)19-14-26(24-23-19)16(2)17-6-3-4-7-18(17)21/h3-4,6-7,14-16H,5,8-13H2,1-2H3,(H,22,27)/p+1/t16-/m1/s1. The van der Waals surface area contributed by atoms with Crippen molar-refractivity contribution in [3.05, 3.63) is 47.5 Å². The molecule has 1 aliphatic rings. The lowest BCUT2D eigenvalue weighted by atomic mass is 9.99. The van der Waals surface area contributed by atoms with Crippen LogP contribution < -0.4 is 10.2 Å². The second-order valence-electron chi connectivity index (χ2n) is 7.57. The number of aromatic nitrogens is 3. The molecule has 146 valence electrons. The third-order valence-corrected chi connectivity index (χ3v) is 5.47. The van der Waals surface area contributed by atoms with Gasteiger partial charge in [-0.15, -0.1) is 5.10 Å². The normalized spacial score (nSPS) is 21.0. The Morgan fingerprint density at radius 2 is 2.11 bits per heavy atom. The van der Waals surface area contributed by atoms with Crippen LogP contribution in [0.15, 0.2) is 30.5 Å². The molecule has 7 heteroatoms. The first kappa shape index (κ1) is 19.5. The molecule has 6 nitrogen and oxygen atoms in total. The van der Waals surface area contributed by atoms with E-state index >= 15 is 0 Å². The van der Waals surface area contributed by atoms with E-state index in [1.807, 2.05) is 6.92 Å². The van der Waals surface area contributed by atoms with Crippen molar-refractivity contribution in [3.63, 3.8) is 0 Å². The van der Waals surface area contributed by atoms with Gasteiger partial charge in [0.05, 0.1) is 31.9 Å². The molecule has 1 atom stereocenters. The van der Waals surface area contributed by atoms with Crippen molar-refractivity contribution in [2.75, 3.05) is 26.2 Å². The van der Waals surface area contributed by atoms with Gasteiger partial charge >= 0.3 is 0 Å². The van der Waals surface area contributed by atoms with Gasteiger partial charge in [-0.25, -0.2) is 9.07 Å². The maximum Gasteiger partial charge on any atom is 0.273 e. The van der Waals surface area contributed by atoms with Gasteiger partial charge in [0, 0.05) is 18.5 Å². The number of amides is 1. The fourth-order valence-electron chi connectivity index (χ4n) is 3.58. The van der Waals surface area contributed by atoms with E-state index in [0.717, 1.165) is 18.9 Å². The zero-order valence-electron chi connectivity index (χ0n) is 16.1. The van der Waals surface area contributed by atoms with Crippen LogP contribution in [0.5, 0.6) is 0 Å². The average molecular weight is 374 g/mol. The Bertz CT molecular complexity index is 754. The number of halogens is 1. The van der Waals surface area contributed by atoms with E-state index in [9.17, 15) is 9.18 Å². The van der Waals surface area contributed by atoms with E-state index in [1.165, 1.54) is 36.7 Å². The smallest absolute Gasteiger partial charge is 0.273 e. The molecule has 27 heavy (non-hydrogen) atoms. The number of quaternary nitrogens is 1. The lowest BCUT2D eigenvalue weighted by Gasteiger charge is -2.27. The number of nitrogens with zero attached hydrogens (tertiary/aromatic N) is 3. The van der Waals surface area contributed by atoms with Gasteiger partial charge in [0.15, 0.2) is 5.69 Å². The third kappa shape index (κ3) is 5.13. The molecule has 2 N–H and O–H groups in total. The number of rotatable bonds is 7. The molecule has 3 rings (SSSR count). The Morgan fingerprint density at radius 1 is 1.37 bits per heavy atom. The lowest BCUT2D eigenvalue weighted by Crippen LogP contribution is -3.13. The molecule has 0 aliphatic carbocycles. The summed E-state index contributed by atoms with van der Waals surface area (Å²) in [7, 11) is 0. The molecule has 0 saturated carbocycles. The molecule has 1 aliphatic heterocycles. The van der Waals surface area contributed by atoms with Crippen molar-refractivity contribution in [3.8, 4) is 0 Å². The maximum atomic E-state index is 13.9. The topological polar surface area (TPSA) is 64.2 Å². The van der Waals surface area contributed by atoms with Crippen LogP contribution in [0, 0.1) is 11.7 Å². The molecule has 1 amide bonds. The summed E-state index contributed by atoms with van der Waals surface area (Å²) in [6.07, 6.45) is 5.12. The third-order valence-electron chi connectivity index (χ3n) is 5.47. The predicted molar refractivity (Wildman–Crippen MR) is 101 cm³/mol. The molecular weight excluding hydrogens is 345 g/mol. The van der Waals surface area contributed by atoms with Gasteiger partial charge in [-0.3, -0.25) is 4.79 Å². The SMILES string of the molecule is CC1CC[NH+](CCCNC(=O)c2cn([C@H](C)c3ccccc3F)nn2)CC1. The van der Waals surface area contributed by atoms with E-state index in [4.69, 9.17) is 0 Å². The van der Waals surface area contributed by atoms with E-state index < -0.39 is 0 Å². The molecule has 1 saturated heterocycles. The van der Waals surface area contributed by atoms with Crippen LogP contribution in [-0.2, 0) is 0 Å². The number of carbonyl (C=O) groups excluding carboxylic acids is 1. The number of carbonyl (C=O) groups is 1. The van der Waals surface area contributed by atoms with Crippen LogP contribution in [-0.4, -0.2) is 47.1 Å². The minimum atomic E-state index is -0.328. The Labute approximate surface area is 159 Å². The van der Waals surface area contributed by atoms with Crippen molar-refractivity contribution < 1.29 is 14.1 Å². The Hall–Kier alpha value is -2.28. The van der Waals surface area contributed by atoms with E-state index in [2.05, 4.69) is 22.6 Å². The van der Waals surface area contributed by atoms with Gasteiger partial charge in [-0.05, 0) is 31.7 Å². The highest BCUT2D eigenvalue weighted by Crippen LogP contribution is 2.19. The zero-order valence-corrected chi connectivity index (χ0v) is 16.1. The first-order valence-corrected chi connectivity index (χ1v) is 9.82. The van der Waals surface area contributed by atoms with Crippen molar-refractivity contribution >= 4 is 5.91 Å². The molecular formula is C20H29FN5O+. The van der Waals surface area contributed by atoms with Crippen LogP contribution in [0.25, 0.3) is 0 Å². The Morgan fingerprint density at radius 3 is 2.85 bits per heavy atom. The van der Waals surface area contributed by atoms with Crippen molar-refractivity contribution in [1.29, 1.82) is 0 Å². The van der Waals surface area contributed by atoms with Gasteiger partial charge in [0.1, 0.15) is 5.82 Å². The van der Waals surface area contributed by atoms with Crippen molar-refractivity contribution in [2.24, 2.45) is 5.92 Å². The van der Waals surface area contributed by atoms with Crippen LogP contribution >= 0.6 is 0 Å². The highest BCUT2D eigenvalue weighted by molar-refractivity contribution is 5.91.